The van der Waals surface area contributed by atoms with Gasteiger partial charge in [-0.2, -0.15) is 0 Å². The second-order valence-electron chi connectivity index (χ2n) is 9.53. The Morgan fingerprint density at radius 1 is 0.714 bits per heavy atom. The zero-order valence-electron chi connectivity index (χ0n) is 20.7. The number of nitrogens with zero attached hydrogens (tertiary/aromatic N) is 2. The monoisotopic (exact) mass is 632 g/mol. The Hall–Kier alpha value is -3.26. The third-order valence-corrected chi connectivity index (χ3v) is 7.07. The minimum atomic E-state index is 0. The molecule has 0 unspecified atom stereocenters. The Bertz CT molecular complexity index is 1710. The normalized spacial score (nSPS) is 11.3. The summed E-state index contributed by atoms with van der Waals surface area (Å²) in [5.41, 5.74) is 13.5. The molecule has 0 saturated heterocycles. The Morgan fingerprint density at radius 3 is 2.14 bits per heavy atom. The Labute approximate surface area is 220 Å². The third kappa shape index (κ3) is 3.62. The van der Waals surface area contributed by atoms with Gasteiger partial charge in [-0.1, -0.05) is 53.4 Å². The van der Waals surface area contributed by atoms with Gasteiger partial charge in [0.05, 0.1) is 11.3 Å². The van der Waals surface area contributed by atoms with Gasteiger partial charge in [0, 0.05) is 37.4 Å². The Kier molecular flexibility index (Phi) is 5.87. The van der Waals surface area contributed by atoms with Crippen LogP contribution in [0.15, 0.2) is 72.9 Å². The average Bonchev–Trinajstić information content (AvgIpc) is 3.23. The van der Waals surface area contributed by atoms with Gasteiger partial charge in [0.25, 0.3) is 0 Å². The molecule has 0 aliphatic carbocycles. The van der Waals surface area contributed by atoms with Crippen LogP contribution in [0.3, 0.4) is 0 Å². The predicted octanol–water partition coefficient (Wildman–Crippen LogP) is 8.31. The molecule has 0 aliphatic rings. The number of pyridine rings is 1. The van der Waals surface area contributed by atoms with Crippen LogP contribution in [-0.2, 0) is 20.1 Å². The van der Waals surface area contributed by atoms with Crippen LogP contribution < -0.4 is 0 Å². The van der Waals surface area contributed by atoms with Crippen molar-refractivity contribution >= 4 is 27.3 Å². The van der Waals surface area contributed by atoms with Crippen molar-refractivity contribution in [1.82, 2.24) is 9.38 Å². The van der Waals surface area contributed by atoms with Crippen molar-refractivity contribution < 1.29 is 20.1 Å². The summed E-state index contributed by atoms with van der Waals surface area (Å²) >= 11 is 0. The number of hydrogen-bond acceptors (Lipinski definition) is 1. The first-order chi connectivity index (χ1) is 16.4. The molecule has 4 aromatic carbocycles. The average molecular weight is 632 g/mol. The number of hydrogen-bond donors (Lipinski definition) is 0. The van der Waals surface area contributed by atoms with Crippen LogP contribution in [0, 0.1) is 40.7 Å². The van der Waals surface area contributed by atoms with Crippen molar-refractivity contribution in [2.75, 3.05) is 0 Å². The van der Waals surface area contributed by atoms with E-state index >= 15 is 0 Å². The number of benzene rings is 4. The first-order valence-electron chi connectivity index (χ1n) is 11.8. The van der Waals surface area contributed by atoms with E-state index in [1.54, 1.807) is 0 Å². The maximum Gasteiger partial charge on any atom is 0.0639 e. The number of imidazole rings is 1. The predicted molar refractivity (Wildman–Crippen MR) is 144 cm³/mol. The van der Waals surface area contributed by atoms with Gasteiger partial charge in [-0.15, -0.1) is 29.7 Å². The molecule has 0 aliphatic heterocycles. The van der Waals surface area contributed by atoms with Gasteiger partial charge in [-0.3, -0.25) is 4.98 Å². The van der Waals surface area contributed by atoms with Crippen LogP contribution in [0.4, 0.5) is 0 Å². The summed E-state index contributed by atoms with van der Waals surface area (Å²) in [6, 6.07) is 27.6. The van der Waals surface area contributed by atoms with Gasteiger partial charge >= 0.3 is 0 Å². The maximum absolute atomic E-state index is 4.92. The van der Waals surface area contributed by atoms with Gasteiger partial charge in [0.15, 0.2) is 0 Å². The number of fused-ring (bicyclic) bond motifs is 6. The smallest absolute Gasteiger partial charge is 0.0639 e. The van der Waals surface area contributed by atoms with Crippen LogP contribution in [0.2, 0.25) is 0 Å². The van der Waals surface area contributed by atoms with Gasteiger partial charge in [0.2, 0.25) is 0 Å². The van der Waals surface area contributed by atoms with E-state index in [1.807, 2.05) is 12.3 Å². The summed E-state index contributed by atoms with van der Waals surface area (Å²) in [5, 5.41) is 3.47. The Balaban J connectivity index is 0.00000253. The zero-order chi connectivity index (χ0) is 23.6. The molecule has 3 heteroatoms. The molecule has 1 radical (unpaired) electrons. The largest absolute Gasteiger partial charge is 0.333 e. The fourth-order valence-electron chi connectivity index (χ4n) is 5.75. The number of aryl methyl sites for hydroxylation is 5. The summed E-state index contributed by atoms with van der Waals surface area (Å²) in [5.74, 6) is 0. The van der Waals surface area contributed by atoms with Gasteiger partial charge in [0.1, 0.15) is 0 Å². The van der Waals surface area contributed by atoms with Crippen molar-refractivity contribution in [1.29, 1.82) is 0 Å². The molecule has 6 aromatic rings. The molecule has 0 amide bonds. The molecule has 35 heavy (non-hydrogen) atoms. The third-order valence-electron chi connectivity index (χ3n) is 7.07. The molecule has 2 nitrogen and oxygen atoms in total. The van der Waals surface area contributed by atoms with Crippen molar-refractivity contribution in [3.8, 4) is 22.4 Å². The van der Waals surface area contributed by atoms with E-state index in [4.69, 9.17) is 4.98 Å². The molecule has 6 rings (SSSR count). The summed E-state index contributed by atoms with van der Waals surface area (Å²) in [6.45, 7) is 10.9. The van der Waals surface area contributed by atoms with E-state index in [-0.39, 0.29) is 20.1 Å². The van der Waals surface area contributed by atoms with E-state index < -0.39 is 0 Å². The first kappa shape index (κ1) is 23.5. The second kappa shape index (κ2) is 8.75. The van der Waals surface area contributed by atoms with E-state index in [0.717, 1.165) is 16.7 Å². The first-order valence-corrected chi connectivity index (χ1v) is 11.8. The van der Waals surface area contributed by atoms with Gasteiger partial charge < -0.3 is 4.40 Å². The van der Waals surface area contributed by atoms with E-state index in [9.17, 15) is 0 Å². The van der Waals surface area contributed by atoms with Crippen molar-refractivity contribution in [2.45, 2.75) is 34.6 Å². The molecule has 2 aromatic heterocycles. The summed E-state index contributed by atoms with van der Waals surface area (Å²) in [4.78, 5) is 4.92. The molecule has 0 bridgehead atoms. The number of rotatable bonds is 2. The molecule has 0 spiro atoms. The van der Waals surface area contributed by atoms with Crippen LogP contribution in [-0.4, -0.2) is 9.38 Å². The summed E-state index contributed by atoms with van der Waals surface area (Å²) in [7, 11) is 0. The quantitative estimate of drug-likeness (QED) is 0.139. The Morgan fingerprint density at radius 2 is 1.43 bits per heavy atom. The zero-order valence-corrected chi connectivity index (χ0v) is 23.1. The summed E-state index contributed by atoms with van der Waals surface area (Å²) < 4.78 is 2.33. The molecule has 0 saturated carbocycles. The summed E-state index contributed by atoms with van der Waals surface area (Å²) in [6.07, 6.45) is 2.03. The van der Waals surface area contributed by atoms with Crippen LogP contribution >= 0.6 is 0 Å². The molecule has 175 valence electrons. The van der Waals surface area contributed by atoms with Gasteiger partial charge in [-0.05, 0) is 79.5 Å². The van der Waals surface area contributed by atoms with E-state index in [1.165, 1.54) is 60.8 Å². The van der Waals surface area contributed by atoms with Crippen molar-refractivity contribution in [3.63, 3.8) is 0 Å². The maximum atomic E-state index is 4.92. The minimum absolute atomic E-state index is 0. The van der Waals surface area contributed by atoms with E-state index in [2.05, 4.69) is 106 Å². The molecule has 2 heterocycles. The standard InChI is InChI=1S/C32H27N2.Ir/c1-19-15-22(4)31(23(5)16-19)29-18-33-32-26-12-7-6-11-25(26)27-17-24(13-14-28(27)34(29)32)30-20(2)9-8-10-21(30)3;/h6-11,13-18H,1-5H3;/q-1;. The second-order valence-corrected chi connectivity index (χ2v) is 9.53. The fourth-order valence-corrected chi connectivity index (χ4v) is 5.75. The van der Waals surface area contributed by atoms with Crippen LogP contribution in [0.25, 0.3) is 49.7 Å². The van der Waals surface area contributed by atoms with Gasteiger partial charge in [-0.25, -0.2) is 0 Å². The molecule has 0 fully saturated rings. The van der Waals surface area contributed by atoms with E-state index in [0.29, 0.717) is 0 Å². The van der Waals surface area contributed by atoms with Crippen molar-refractivity contribution in [3.05, 3.63) is 107 Å². The molecular formula is C32H27IrN2-. The SMILES string of the molecule is Cc1cc(C)c(-c2cnc3c4[c-]cccc4c4cc(-c5c(C)cccc5C)ccc4n23)c(C)c1.[Ir]. The molecule has 0 atom stereocenters. The van der Waals surface area contributed by atoms with Crippen LogP contribution in [0.1, 0.15) is 27.8 Å². The molecular weight excluding hydrogens is 605 g/mol. The topological polar surface area (TPSA) is 17.3 Å². The van der Waals surface area contributed by atoms with Crippen molar-refractivity contribution in [2.24, 2.45) is 0 Å². The fraction of sp³-hybridized carbons (Fsp3) is 0.156. The van der Waals surface area contributed by atoms with Crippen LogP contribution in [0.5, 0.6) is 0 Å². The number of aromatic nitrogens is 2. The molecule has 0 N–H and O–H groups in total. The minimum Gasteiger partial charge on any atom is -0.333 e.